The maximum Gasteiger partial charge on any atom is 0.273 e. The van der Waals surface area contributed by atoms with Crippen molar-refractivity contribution >= 4 is 17.0 Å². The molecule has 1 aliphatic rings. The minimum atomic E-state index is -0.311. The van der Waals surface area contributed by atoms with Crippen LogP contribution in [0.3, 0.4) is 0 Å². The normalized spacial score (nSPS) is 19.9. The van der Waals surface area contributed by atoms with Gasteiger partial charge in [0.25, 0.3) is 5.91 Å². The van der Waals surface area contributed by atoms with Gasteiger partial charge in [-0.3, -0.25) is 4.79 Å². The minimum absolute atomic E-state index is 0.168. The van der Waals surface area contributed by atoms with Crippen LogP contribution in [0.25, 0.3) is 11.1 Å². The molecular formula is C18H22N6O3. The van der Waals surface area contributed by atoms with E-state index < -0.39 is 0 Å². The van der Waals surface area contributed by atoms with E-state index in [9.17, 15) is 4.79 Å². The first kappa shape index (κ1) is 17.5. The highest BCUT2D eigenvalue weighted by Crippen LogP contribution is 2.26. The Kier molecular flexibility index (Phi) is 4.76. The summed E-state index contributed by atoms with van der Waals surface area (Å²) in [6.07, 6.45) is 5.53. The number of ether oxygens (including phenoxy) is 1. The monoisotopic (exact) mass is 370 g/mol. The third-order valence-corrected chi connectivity index (χ3v) is 4.90. The van der Waals surface area contributed by atoms with Gasteiger partial charge in [0.05, 0.1) is 25.9 Å². The third kappa shape index (κ3) is 3.77. The van der Waals surface area contributed by atoms with E-state index in [1.54, 1.807) is 36.2 Å². The molecular weight excluding hydrogens is 348 g/mol. The van der Waals surface area contributed by atoms with E-state index in [4.69, 9.17) is 14.9 Å². The molecule has 0 atom stereocenters. The maximum atomic E-state index is 12.3. The Balaban J connectivity index is 1.38. The number of nitrogens with two attached hydrogens (primary N) is 1. The lowest BCUT2D eigenvalue weighted by atomic mass is 9.92. The number of nitrogens with zero attached hydrogens (tertiary/aromatic N) is 4. The van der Waals surface area contributed by atoms with Crippen molar-refractivity contribution in [3.63, 3.8) is 0 Å². The van der Waals surface area contributed by atoms with Gasteiger partial charge < -0.3 is 20.2 Å². The van der Waals surface area contributed by atoms with Crippen molar-refractivity contribution in [3.05, 3.63) is 36.0 Å². The van der Waals surface area contributed by atoms with Gasteiger partial charge in [-0.2, -0.15) is 0 Å². The van der Waals surface area contributed by atoms with E-state index in [2.05, 4.69) is 20.6 Å². The van der Waals surface area contributed by atoms with Crippen LogP contribution in [0.1, 0.15) is 48.1 Å². The summed E-state index contributed by atoms with van der Waals surface area (Å²) in [5, 5.41) is 10.9. The Morgan fingerprint density at radius 3 is 2.96 bits per heavy atom. The zero-order valence-corrected chi connectivity index (χ0v) is 15.1. The summed E-state index contributed by atoms with van der Waals surface area (Å²) in [5.74, 6) is 0.806. The molecule has 1 saturated carbocycles. The van der Waals surface area contributed by atoms with Crippen LogP contribution in [-0.4, -0.2) is 39.0 Å². The van der Waals surface area contributed by atoms with Gasteiger partial charge in [-0.05, 0) is 37.8 Å². The molecule has 0 aliphatic heterocycles. The lowest BCUT2D eigenvalue weighted by Gasteiger charge is -2.25. The molecule has 9 heteroatoms. The second-order valence-electron chi connectivity index (χ2n) is 6.78. The largest absolute Gasteiger partial charge is 0.497 e. The smallest absolute Gasteiger partial charge is 0.273 e. The fraction of sp³-hybridized carbons (Fsp3) is 0.444. The van der Waals surface area contributed by atoms with Crippen molar-refractivity contribution in [2.75, 3.05) is 7.11 Å². The summed E-state index contributed by atoms with van der Waals surface area (Å²) in [7, 11) is 1.59. The van der Waals surface area contributed by atoms with Crippen molar-refractivity contribution in [2.24, 2.45) is 5.73 Å². The molecule has 4 rings (SSSR count). The Morgan fingerprint density at radius 1 is 1.37 bits per heavy atom. The minimum Gasteiger partial charge on any atom is -0.497 e. The summed E-state index contributed by atoms with van der Waals surface area (Å²) < 4.78 is 12.6. The maximum absolute atomic E-state index is 12.3. The number of amides is 1. The highest BCUT2D eigenvalue weighted by atomic mass is 16.5. The number of hydrogen-bond acceptors (Lipinski definition) is 7. The molecule has 0 radical (unpaired) electrons. The van der Waals surface area contributed by atoms with E-state index in [1.807, 2.05) is 0 Å². The third-order valence-electron chi connectivity index (χ3n) is 4.90. The van der Waals surface area contributed by atoms with Crippen molar-refractivity contribution in [2.45, 2.75) is 44.3 Å². The van der Waals surface area contributed by atoms with Crippen LogP contribution in [0, 0.1) is 0 Å². The molecule has 142 valence electrons. The second-order valence-corrected chi connectivity index (χ2v) is 6.78. The second kappa shape index (κ2) is 7.36. The Morgan fingerprint density at radius 2 is 2.19 bits per heavy atom. The number of carbonyl (C=O) groups is 1. The topological polar surface area (TPSA) is 121 Å². The molecule has 2 aromatic heterocycles. The van der Waals surface area contributed by atoms with Crippen molar-refractivity contribution in [3.8, 4) is 5.75 Å². The van der Waals surface area contributed by atoms with Gasteiger partial charge in [-0.25, -0.2) is 9.67 Å². The zero-order valence-electron chi connectivity index (χ0n) is 15.1. The summed E-state index contributed by atoms with van der Waals surface area (Å²) in [6.45, 7) is 0.168. The van der Waals surface area contributed by atoms with Crippen LogP contribution in [0.2, 0.25) is 0 Å². The number of methoxy groups -OCH3 is 1. The van der Waals surface area contributed by atoms with Crippen LogP contribution < -0.4 is 15.8 Å². The quantitative estimate of drug-likeness (QED) is 0.702. The van der Waals surface area contributed by atoms with Crippen molar-refractivity contribution in [1.82, 2.24) is 25.3 Å². The predicted octanol–water partition coefficient (Wildman–Crippen LogP) is 1.80. The summed E-state index contributed by atoms with van der Waals surface area (Å²) in [5.41, 5.74) is 7.54. The highest BCUT2D eigenvalue weighted by molar-refractivity contribution is 5.91. The summed E-state index contributed by atoms with van der Waals surface area (Å²) in [4.78, 5) is 16.7. The molecule has 9 nitrogen and oxygen atoms in total. The zero-order chi connectivity index (χ0) is 18.8. The molecule has 3 N–H and O–H groups in total. The molecule has 3 aromatic rings. The lowest BCUT2D eigenvalue weighted by Crippen LogP contribution is -2.28. The molecule has 0 unspecified atom stereocenters. The molecule has 0 bridgehead atoms. The van der Waals surface area contributed by atoms with E-state index in [0.29, 0.717) is 22.7 Å². The Labute approximate surface area is 155 Å². The highest BCUT2D eigenvalue weighted by Gasteiger charge is 2.22. The Bertz CT molecular complexity index is 942. The molecule has 1 aliphatic carbocycles. The number of oxazole rings is 1. The Hall–Kier alpha value is -2.94. The predicted molar refractivity (Wildman–Crippen MR) is 97.2 cm³/mol. The molecule has 1 aromatic carbocycles. The molecule has 0 spiro atoms. The fourth-order valence-corrected chi connectivity index (χ4v) is 3.33. The van der Waals surface area contributed by atoms with Crippen molar-refractivity contribution in [1.29, 1.82) is 0 Å². The fourth-order valence-electron chi connectivity index (χ4n) is 3.33. The number of aromatic nitrogens is 4. The van der Waals surface area contributed by atoms with Crippen LogP contribution in [0.4, 0.5) is 0 Å². The SMILES string of the molecule is COc1ccc2oc(CNC(=O)c3cn(C4CCC(N)CC4)nn3)nc2c1. The van der Waals surface area contributed by atoms with Crippen LogP contribution >= 0.6 is 0 Å². The van der Waals surface area contributed by atoms with E-state index in [-0.39, 0.29) is 30.2 Å². The number of nitrogens with one attached hydrogen (secondary N) is 1. The lowest BCUT2D eigenvalue weighted by molar-refractivity contribution is 0.0942. The molecule has 27 heavy (non-hydrogen) atoms. The van der Waals surface area contributed by atoms with Gasteiger partial charge in [0.2, 0.25) is 5.89 Å². The number of hydrogen-bond donors (Lipinski definition) is 2. The van der Waals surface area contributed by atoms with Gasteiger partial charge in [0.15, 0.2) is 11.3 Å². The van der Waals surface area contributed by atoms with Gasteiger partial charge in [0.1, 0.15) is 11.3 Å². The number of rotatable bonds is 5. The van der Waals surface area contributed by atoms with Crippen LogP contribution in [-0.2, 0) is 6.54 Å². The first-order valence-electron chi connectivity index (χ1n) is 9.01. The van der Waals surface area contributed by atoms with Crippen LogP contribution in [0.15, 0.2) is 28.8 Å². The molecule has 1 amide bonds. The molecule has 2 heterocycles. The van der Waals surface area contributed by atoms with E-state index in [1.165, 1.54) is 0 Å². The van der Waals surface area contributed by atoms with E-state index >= 15 is 0 Å². The van der Waals surface area contributed by atoms with Gasteiger partial charge in [-0.15, -0.1) is 5.10 Å². The standard InChI is InChI=1S/C18H22N6O3/c1-26-13-6-7-16-14(8-13)21-17(27-16)9-20-18(25)15-10-24(23-22-15)12-4-2-11(19)3-5-12/h6-8,10-12H,2-5,9,19H2,1H3,(H,20,25). The first-order valence-corrected chi connectivity index (χ1v) is 9.01. The van der Waals surface area contributed by atoms with E-state index in [0.717, 1.165) is 25.7 Å². The molecule has 1 fully saturated rings. The number of carbonyl (C=O) groups excluding carboxylic acids is 1. The van der Waals surface area contributed by atoms with Gasteiger partial charge >= 0.3 is 0 Å². The average molecular weight is 370 g/mol. The van der Waals surface area contributed by atoms with Gasteiger partial charge in [-0.1, -0.05) is 5.21 Å². The average Bonchev–Trinajstić information content (AvgIpc) is 3.33. The van der Waals surface area contributed by atoms with Crippen LogP contribution in [0.5, 0.6) is 5.75 Å². The summed E-state index contributed by atoms with van der Waals surface area (Å²) in [6, 6.07) is 5.89. The molecule has 0 saturated heterocycles. The van der Waals surface area contributed by atoms with Crippen molar-refractivity contribution < 1.29 is 13.9 Å². The number of fused-ring (bicyclic) bond motifs is 1. The van der Waals surface area contributed by atoms with Gasteiger partial charge in [0, 0.05) is 12.1 Å². The summed E-state index contributed by atoms with van der Waals surface area (Å²) >= 11 is 0. The number of benzene rings is 1. The first-order chi connectivity index (χ1) is 13.1.